The van der Waals surface area contributed by atoms with Gasteiger partial charge in [-0.05, 0) is 52.4 Å². The van der Waals surface area contributed by atoms with E-state index in [0.29, 0.717) is 45.2 Å². The molecule has 0 rings (SSSR count). The molecule has 0 aliphatic heterocycles. The van der Waals surface area contributed by atoms with E-state index in [4.69, 9.17) is 0 Å². The minimum atomic E-state index is -0.827. The number of unbranched alkanes of at least 4 members (excludes halogenated alkanes) is 4. The minimum absolute atomic E-state index is 0.129. The minimum Gasteiger partial charge on any atom is -0.211 e. The predicted octanol–water partition coefficient (Wildman–Crippen LogP) is 4.48. The normalized spacial score (nSPS) is 13.9. The summed E-state index contributed by atoms with van der Waals surface area (Å²) in [6, 6.07) is -0.552. The Morgan fingerprint density at radius 1 is 0.600 bits per heavy atom. The summed E-state index contributed by atoms with van der Waals surface area (Å²) in [5, 5.41) is 0. The fraction of sp³-hybridized carbons (Fsp3) is 0.800. The van der Waals surface area contributed by atoms with Crippen molar-refractivity contribution in [3.05, 3.63) is 0 Å². The lowest BCUT2D eigenvalue weighted by atomic mass is 9.64. The van der Waals surface area contributed by atoms with E-state index in [9.17, 15) is 24.0 Å². The molecule has 0 heterocycles. The van der Waals surface area contributed by atoms with E-state index in [1.54, 1.807) is 18.2 Å². The lowest BCUT2D eigenvalue weighted by Crippen LogP contribution is -2.48. The zero-order chi connectivity index (χ0) is 26.4. The smallest absolute Gasteiger partial charge is 0.211 e. The lowest BCUT2D eigenvalue weighted by molar-refractivity contribution is 0.111. The average Bonchev–Trinajstić information content (AvgIpc) is 2.82. The van der Waals surface area contributed by atoms with E-state index in [1.165, 1.54) is 12.2 Å². The van der Waals surface area contributed by atoms with Gasteiger partial charge in [-0.15, -0.1) is 0 Å². The molecular weight excluding hydrogens is 450 g/mol. The number of hydrogen-bond acceptors (Lipinski definition) is 10. The van der Waals surface area contributed by atoms with E-state index in [-0.39, 0.29) is 6.04 Å². The van der Waals surface area contributed by atoms with E-state index >= 15 is 0 Å². The van der Waals surface area contributed by atoms with E-state index in [2.05, 4.69) is 25.0 Å². The second-order valence-electron chi connectivity index (χ2n) is 9.33. The largest absolute Gasteiger partial charge is 0.235 e. The first kappa shape index (κ1) is 31.9. The zero-order valence-electron chi connectivity index (χ0n) is 21.1. The quantitative estimate of drug-likeness (QED) is 0.133. The molecule has 0 fully saturated rings. The molecule has 0 aromatic carbocycles. The molecule has 0 N–H and O–H groups in total. The lowest BCUT2D eigenvalue weighted by Gasteiger charge is -2.44. The Bertz CT molecular complexity index is 859. The van der Waals surface area contributed by atoms with Crippen LogP contribution in [0, 0.1) is 5.41 Å². The van der Waals surface area contributed by atoms with Gasteiger partial charge in [-0.2, -0.15) is 4.99 Å². The summed E-state index contributed by atoms with van der Waals surface area (Å²) in [6.45, 7) is 6.42. The Morgan fingerprint density at radius 2 is 1.14 bits per heavy atom. The third kappa shape index (κ3) is 12.8. The van der Waals surface area contributed by atoms with Crippen molar-refractivity contribution in [2.24, 2.45) is 30.4 Å². The Balaban J connectivity index is 5.13. The van der Waals surface area contributed by atoms with Crippen LogP contribution in [0.3, 0.4) is 0 Å². The molecule has 0 spiro atoms. The van der Waals surface area contributed by atoms with Gasteiger partial charge in [-0.1, -0.05) is 39.0 Å². The number of hydrogen-bond donors (Lipinski definition) is 0. The van der Waals surface area contributed by atoms with Crippen LogP contribution in [0.25, 0.3) is 0 Å². The van der Waals surface area contributed by atoms with Crippen molar-refractivity contribution >= 4 is 30.4 Å². The summed E-state index contributed by atoms with van der Waals surface area (Å²) < 4.78 is 0. The van der Waals surface area contributed by atoms with Gasteiger partial charge < -0.3 is 0 Å². The summed E-state index contributed by atoms with van der Waals surface area (Å²) in [4.78, 5) is 72.7. The maximum atomic E-state index is 11.3. The third-order valence-electron chi connectivity index (χ3n) is 6.82. The first-order valence-corrected chi connectivity index (χ1v) is 12.1. The average molecular weight is 488 g/mol. The van der Waals surface area contributed by atoms with Gasteiger partial charge >= 0.3 is 0 Å². The summed E-state index contributed by atoms with van der Waals surface area (Å²) >= 11 is 0. The highest BCUT2D eigenvalue weighted by Crippen LogP contribution is 2.45. The van der Waals surface area contributed by atoms with Crippen molar-refractivity contribution in [1.82, 2.24) is 0 Å². The predicted molar refractivity (Wildman–Crippen MR) is 131 cm³/mol. The molecule has 0 bridgehead atoms. The first-order chi connectivity index (χ1) is 16.8. The monoisotopic (exact) mass is 487 g/mol. The van der Waals surface area contributed by atoms with Crippen LogP contribution in [-0.4, -0.2) is 61.1 Å². The molecule has 10 heteroatoms. The molecule has 10 nitrogen and oxygen atoms in total. The van der Waals surface area contributed by atoms with Crippen molar-refractivity contribution in [3.63, 3.8) is 0 Å². The molecule has 0 saturated heterocycles. The summed E-state index contributed by atoms with van der Waals surface area (Å²) in [7, 11) is 0. The zero-order valence-corrected chi connectivity index (χ0v) is 21.1. The molecule has 0 aromatic rings. The fourth-order valence-corrected chi connectivity index (χ4v) is 4.30. The third-order valence-corrected chi connectivity index (χ3v) is 6.82. The SMILES string of the molecule is CC(C)(N=C=O)C(C)(CCCCN=C=O)C(CCCCC(CCCCCN=C=O)N=C=O)N=C=O. The van der Waals surface area contributed by atoms with E-state index < -0.39 is 17.0 Å². The Hall–Kier alpha value is -3.10. The van der Waals surface area contributed by atoms with Gasteiger partial charge in [0.05, 0.1) is 30.7 Å². The number of nitrogens with zero attached hydrogens (tertiary/aromatic N) is 5. The molecule has 0 saturated carbocycles. The van der Waals surface area contributed by atoms with Crippen LogP contribution in [0.5, 0.6) is 0 Å². The van der Waals surface area contributed by atoms with Gasteiger partial charge in [0.2, 0.25) is 30.4 Å². The van der Waals surface area contributed by atoms with Crippen LogP contribution < -0.4 is 0 Å². The van der Waals surface area contributed by atoms with Crippen LogP contribution in [-0.2, 0) is 24.0 Å². The molecular formula is C25H37N5O5. The summed E-state index contributed by atoms with van der Waals surface area (Å²) in [5.41, 5.74) is -1.46. The molecule has 3 atom stereocenters. The van der Waals surface area contributed by atoms with Gasteiger partial charge in [0.25, 0.3) is 0 Å². The topological polar surface area (TPSA) is 147 Å². The Kier molecular flexibility index (Phi) is 17.5. The standard InChI is InChI=1S/C25H37N5O5/c1-24(2,30-21-35)25(3,14-8-10-16-27-18-32)23(29-20-34)13-7-6-12-22(28-19-33)11-5-4-9-15-26-17-31/h22-23H,4-16H2,1-3H3. The van der Waals surface area contributed by atoms with Gasteiger partial charge in [-0.3, -0.25) is 0 Å². The maximum absolute atomic E-state index is 11.3. The van der Waals surface area contributed by atoms with Crippen molar-refractivity contribution in [2.75, 3.05) is 13.1 Å². The number of carbonyl (C=O) groups excluding carboxylic acids is 5. The maximum Gasteiger partial charge on any atom is 0.235 e. The molecule has 3 unspecified atom stereocenters. The van der Waals surface area contributed by atoms with Crippen LogP contribution in [0.1, 0.15) is 91.4 Å². The number of aliphatic imine (C=N–C) groups is 5. The van der Waals surface area contributed by atoms with E-state index in [0.717, 1.165) is 38.5 Å². The second-order valence-corrected chi connectivity index (χ2v) is 9.33. The van der Waals surface area contributed by atoms with Gasteiger partial charge in [-0.25, -0.2) is 43.9 Å². The summed E-state index contributed by atoms with van der Waals surface area (Å²) in [5.74, 6) is 0. The van der Waals surface area contributed by atoms with Gasteiger partial charge in [0, 0.05) is 5.41 Å². The Labute approximate surface area is 207 Å². The van der Waals surface area contributed by atoms with Crippen LogP contribution in [0.4, 0.5) is 0 Å². The van der Waals surface area contributed by atoms with Crippen molar-refractivity contribution in [3.8, 4) is 0 Å². The van der Waals surface area contributed by atoms with Crippen molar-refractivity contribution in [1.29, 1.82) is 0 Å². The molecule has 192 valence electrons. The van der Waals surface area contributed by atoms with Crippen LogP contribution in [0.15, 0.2) is 25.0 Å². The summed E-state index contributed by atoms with van der Waals surface area (Å²) in [6.07, 6.45) is 16.1. The molecule has 35 heavy (non-hydrogen) atoms. The fourth-order valence-electron chi connectivity index (χ4n) is 4.30. The van der Waals surface area contributed by atoms with Gasteiger partial charge in [0.15, 0.2) is 0 Å². The van der Waals surface area contributed by atoms with Crippen LogP contribution in [0.2, 0.25) is 0 Å². The first-order valence-electron chi connectivity index (χ1n) is 12.1. The number of rotatable bonds is 21. The van der Waals surface area contributed by atoms with Gasteiger partial charge in [0.1, 0.15) is 0 Å². The second kappa shape index (κ2) is 19.2. The highest BCUT2D eigenvalue weighted by Gasteiger charge is 2.46. The highest BCUT2D eigenvalue weighted by atomic mass is 16.1. The molecule has 0 aliphatic carbocycles. The highest BCUT2D eigenvalue weighted by molar-refractivity contribution is 5.37. The number of isocyanates is 5. The van der Waals surface area contributed by atoms with Crippen LogP contribution >= 0.6 is 0 Å². The van der Waals surface area contributed by atoms with E-state index in [1.807, 2.05) is 20.8 Å². The Morgan fingerprint density at radius 3 is 1.69 bits per heavy atom. The van der Waals surface area contributed by atoms with Crippen molar-refractivity contribution in [2.45, 2.75) is 109 Å². The molecule has 0 aliphatic rings. The molecule has 0 radical (unpaired) electrons. The van der Waals surface area contributed by atoms with Crippen molar-refractivity contribution < 1.29 is 24.0 Å². The molecule has 0 amide bonds. The molecule has 0 aromatic heterocycles.